The first-order valence-electron chi connectivity index (χ1n) is 22.5. The highest BCUT2D eigenvalue weighted by Crippen LogP contribution is 2.42. The van der Waals surface area contributed by atoms with Crippen LogP contribution < -0.4 is 25.4 Å². The fourth-order valence-corrected chi connectivity index (χ4v) is 10.7. The van der Waals surface area contributed by atoms with E-state index in [1.807, 2.05) is 24.3 Å². The highest BCUT2D eigenvalue weighted by Gasteiger charge is 2.55. The van der Waals surface area contributed by atoms with Crippen molar-refractivity contribution in [3.05, 3.63) is 113 Å². The van der Waals surface area contributed by atoms with Crippen molar-refractivity contribution in [2.24, 2.45) is 0 Å². The summed E-state index contributed by atoms with van der Waals surface area (Å²) in [6, 6.07) is 20.0. The number of aromatic nitrogens is 2. The predicted octanol–water partition coefficient (Wildman–Crippen LogP) is 6.38. The van der Waals surface area contributed by atoms with Crippen molar-refractivity contribution in [1.82, 2.24) is 25.4 Å². The van der Waals surface area contributed by atoms with Crippen LogP contribution in [0, 0.1) is 0 Å². The number of aryl methyl sites for hydroxylation is 1. The lowest BCUT2D eigenvalue weighted by atomic mass is 9.87. The standard InChI is InChI=1S/C48H60BF2N7O7S3/c1-58(2,3)28-11-12-36-30-41(34-15-20-38(64-4)21-16-34)56-43(36)32-44-37(31-42(57(44)49(56,50)51)35-17-22-39(65-5)23-18-35)19-24-46(60)55-40(33-68(6,62)63)48(61)54-26-9-7-13-45(59)52-27-29-66-67-47-14-8-10-25-53-47/h8,10,14-18,20-23,25,30-32,40H,7,9,11-13,19,24,26-29,33H2,1-6H3,(H2-,52,54,55,59,60,61)/p+1. The SMILES string of the molecule is COc1ccc(C2=[N+]3C(=Cc4c(CCC[N+](C)(C)C)cc(-c5ccc(OC)cc5)n4[B-]3(F)F)C(CCC(=O)NC(CS(C)(=O)=O)C(=O)NCCCCC(=O)NCCSSc3ccccn3)=C2)cc1. The normalized spacial score (nSPS) is 14.6. The van der Waals surface area contributed by atoms with E-state index in [0.29, 0.717) is 75.6 Å². The largest absolute Gasteiger partial charge is 0.737 e. The van der Waals surface area contributed by atoms with Crippen molar-refractivity contribution in [3.63, 3.8) is 0 Å². The molecule has 0 spiro atoms. The van der Waals surface area contributed by atoms with E-state index in [1.165, 1.54) is 17.9 Å². The molecule has 6 rings (SSSR count). The van der Waals surface area contributed by atoms with Crippen molar-refractivity contribution in [1.29, 1.82) is 0 Å². The van der Waals surface area contributed by atoms with Gasteiger partial charge in [0.2, 0.25) is 17.7 Å². The quantitative estimate of drug-likeness (QED) is 0.0295. The molecular weight excluding hydrogens is 932 g/mol. The summed E-state index contributed by atoms with van der Waals surface area (Å²) in [5, 5.41) is 9.06. The maximum absolute atomic E-state index is 17.8. The van der Waals surface area contributed by atoms with Crippen LogP contribution in [-0.2, 0) is 30.6 Å². The average Bonchev–Trinajstić information content (AvgIpc) is 3.87. The minimum absolute atomic E-state index is 0.0138. The number of rotatable bonds is 25. The van der Waals surface area contributed by atoms with Crippen LogP contribution in [0.25, 0.3) is 17.3 Å². The Kier molecular flexibility index (Phi) is 17.8. The second kappa shape index (κ2) is 23.2. The van der Waals surface area contributed by atoms with Gasteiger partial charge in [-0.15, -0.1) is 0 Å². The number of nitrogens with one attached hydrogen (secondary N) is 3. The Bertz CT molecular complexity index is 2640. The molecule has 14 nitrogen and oxygen atoms in total. The summed E-state index contributed by atoms with van der Waals surface area (Å²) in [7, 11) is 8.74. The van der Waals surface area contributed by atoms with E-state index in [4.69, 9.17) is 9.47 Å². The zero-order valence-corrected chi connectivity index (χ0v) is 41.9. The zero-order chi connectivity index (χ0) is 49.1. The number of amides is 3. The minimum atomic E-state index is -4.53. The van der Waals surface area contributed by atoms with E-state index in [2.05, 4.69) is 42.1 Å². The van der Waals surface area contributed by atoms with Crippen molar-refractivity contribution < 1.29 is 49.9 Å². The third kappa shape index (κ3) is 14.1. The molecule has 4 heterocycles. The van der Waals surface area contributed by atoms with Gasteiger partial charge in [0.1, 0.15) is 32.4 Å². The number of unbranched alkanes of at least 4 members (excludes halogenated alkanes) is 1. The molecule has 4 aromatic rings. The average molecular weight is 993 g/mol. The van der Waals surface area contributed by atoms with Crippen LogP contribution in [0.15, 0.2) is 101 Å². The van der Waals surface area contributed by atoms with Crippen LogP contribution in [0.3, 0.4) is 0 Å². The molecule has 0 radical (unpaired) electrons. The number of benzene rings is 2. The number of hydrogen-bond acceptors (Lipinski definition) is 10. The fraction of sp³-hybridized carbons (Fsp3) is 0.396. The predicted molar refractivity (Wildman–Crippen MR) is 268 cm³/mol. The molecule has 364 valence electrons. The summed E-state index contributed by atoms with van der Waals surface area (Å²) in [5.74, 6) is -0.198. The lowest BCUT2D eigenvalue weighted by molar-refractivity contribution is -0.870. The number of allylic oxidation sites excluding steroid dienone is 2. The number of carbonyl (C=O) groups excluding carboxylic acids is 3. The van der Waals surface area contributed by atoms with E-state index in [9.17, 15) is 22.8 Å². The number of sulfone groups is 1. The van der Waals surface area contributed by atoms with Gasteiger partial charge in [0, 0.05) is 85.2 Å². The molecule has 2 aromatic heterocycles. The van der Waals surface area contributed by atoms with Crippen LogP contribution in [0.4, 0.5) is 8.63 Å². The molecule has 0 bridgehead atoms. The van der Waals surface area contributed by atoms with E-state index >= 15 is 8.63 Å². The van der Waals surface area contributed by atoms with Crippen LogP contribution in [0.1, 0.15) is 55.3 Å². The topological polar surface area (TPSA) is 161 Å². The molecule has 2 aliphatic heterocycles. The van der Waals surface area contributed by atoms with Gasteiger partial charge in [-0.2, -0.15) is 0 Å². The van der Waals surface area contributed by atoms with Gasteiger partial charge in [-0.25, -0.2) is 13.4 Å². The van der Waals surface area contributed by atoms with E-state index in [0.717, 1.165) is 38.8 Å². The zero-order valence-electron chi connectivity index (χ0n) is 39.4. The van der Waals surface area contributed by atoms with Gasteiger partial charge in [0.15, 0.2) is 11.4 Å². The Morgan fingerprint density at radius 3 is 2.18 bits per heavy atom. The maximum atomic E-state index is 17.8. The Labute approximate surface area is 406 Å². The van der Waals surface area contributed by atoms with Gasteiger partial charge in [-0.3, -0.25) is 14.4 Å². The van der Waals surface area contributed by atoms with Crippen LogP contribution in [0.5, 0.6) is 11.5 Å². The van der Waals surface area contributed by atoms with Crippen LogP contribution in [0.2, 0.25) is 0 Å². The molecule has 2 aliphatic rings. The van der Waals surface area contributed by atoms with Crippen molar-refractivity contribution in [3.8, 4) is 22.8 Å². The first-order chi connectivity index (χ1) is 32.4. The molecule has 1 atom stereocenters. The number of nitrogens with zero attached hydrogens (tertiary/aromatic N) is 4. The molecule has 1 unspecified atom stereocenters. The van der Waals surface area contributed by atoms with Gasteiger partial charge < -0.3 is 47.5 Å². The van der Waals surface area contributed by atoms with E-state index in [1.54, 1.807) is 84.8 Å². The molecule has 68 heavy (non-hydrogen) atoms. The molecule has 2 aromatic carbocycles. The lowest BCUT2D eigenvalue weighted by Gasteiger charge is -2.32. The maximum Gasteiger partial charge on any atom is 0.737 e. The van der Waals surface area contributed by atoms with Crippen molar-refractivity contribution in [2.75, 3.05) is 72.8 Å². The van der Waals surface area contributed by atoms with Gasteiger partial charge in [0.25, 0.3) is 0 Å². The number of methoxy groups -OCH3 is 2. The van der Waals surface area contributed by atoms with Gasteiger partial charge in [0.05, 0.1) is 47.7 Å². The highest BCUT2D eigenvalue weighted by atomic mass is 33.1. The van der Waals surface area contributed by atoms with Gasteiger partial charge >= 0.3 is 6.97 Å². The second-order valence-electron chi connectivity index (χ2n) is 17.8. The summed E-state index contributed by atoms with van der Waals surface area (Å²) in [6.45, 7) is -3.05. The Hall–Kier alpha value is -5.44. The number of ether oxygens (including phenoxy) is 2. The molecule has 3 amide bonds. The molecule has 0 saturated carbocycles. The summed E-state index contributed by atoms with van der Waals surface area (Å²) >= 11 is 0. The van der Waals surface area contributed by atoms with E-state index in [-0.39, 0.29) is 43.1 Å². The Balaban J connectivity index is 1.16. The Morgan fingerprint density at radius 2 is 1.54 bits per heavy atom. The summed E-state index contributed by atoms with van der Waals surface area (Å²) in [4.78, 5) is 43.6. The van der Waals surface area contributed by atoms with Crippen LogP contribution in [-0.4, -0.2) is 136 Å². The minimum Gasteiger partial charge on any atom is -0.497 e. The number of carbonyl (C=O) groups is 3. The molecule has 20 heteroatoms. The number of hydrogen-bond donors (Lipinski definition) is 3. The monoisotopic (exact) mass is 992 g/mol. The first kappa shape index (κ1) is 51.9. The Morgan fingerprint density at radius 1 is 0.853 bits per heavy atom. The molecule has 0 aliphatic carbocycles. The third-order valence-electron chi connectivity index (χ3n) is 11.4. The fourth-order valence-electron chi connectivity index (χ4n) is 8.10. The smallest absolute Gasteiger partial charge is 0.497 e. The highest BCUT2D eigenvalue weighted by molar-refractivity contribution is 8.76. The molecule has 3 N–H and O–H groups in total. The summed E-state index contributed by atoms with van der Waals surface area (Å²) in [6.07, 6.45) is 8.44. The second-order valence-corrected chi connectivity index (χ2v) is 22.4. The first-order valence-corrected chi connectivity index (χ1v) is 26.9. The van der Waals surface area contributed by atoms with Gasteiger partial charge in [-0.1, -0.05) is 16.9 Å². The summed E-state index contributed by atoms with van der Waals surface area (Å²) in [5.41, 5.74) is 3.62. The molecule has 0 saturated heterocycles. The van der Waals surface area contributed by atoms with Crippen LogP contribution >= 0.6 is 21.6 Å². The number of fused-ring (bicyclic) bond motifs is 2. The van der Waals surface area contributed by atoms with Crippen molar-refractivity contribution >= 4 is 67.9 Å². The third-order valence-corrected chi connectivity index (χ3v) is 14.6. The molecule has 0 fully saturated rings. The molecular formula is C48H61BF2N7O7S3+. The lowest BCUT2D eigenvalue weighted by Crippen LogP contribution is -2.51. The number of pyridine rings is 1. The van der Waals surface area contributed by atoms with Crippen molar-refractivity contribution in [2.45, 2.75) is 56.0 Å². The summed E-state index contributed by atoms with van der Waals surface area (Å²) < 4.78 is 74.1. The van der Waals surface area contributed by atoms with E-state index < -0.39 is 40.4 Å². The number of halogens is 2. The van der Waals surface area contributed by atoms with Gasteiger partial charge in [-0.05, 0) is 114 Å². The number of quaternary nitrogens is 1.